The Morgan fingerprint density at radius 2 is 1.50 bits per heavy atom. The molecule has 2 rings (SSSR count). The summed E-state index contributed by atoms with van der Waals surface area (Å²) >= 11 is 0. The lowest BCUT2D eigenvalue weighted by Crippen LogP contribution is -2.08. The summed E-state index contributed by atoms with van der Waals surface area (Å²) in [6.45, 7) is 2.11. The Morgan fingerprint density at radius 1 is 0.917 bits per heavy atom. The van der Waals surface area contributed by atoms with E-state index >= 15 is 0 Å². The van der Waals surface area contributed by atoms with Crippen molar-refractivity contribution >= 4 is 12.4 Å². The average molecular weight is 336 g/mol. The fourth-order valence-corrected chi connectivity index (χ4v) is 2.10. The molecule has 0 fully saturated rings. The second kappa shape index (κ2) is 7.86. The highest BCUT2D eigenvalue weighted by molar-refractivity contribution is 5.82. The maximum atomic E-state index is 13.4. The predicted molar refractivity (Wildman–Crippen MR) is 87.0 cm³/mol. The standard InChI is InChI=1S/C18H16F4N2/c1-2-3-13-4-6-14(7-5-13)11-23-24-12-15-8-9-16(17(19)10-15)18(20,21)22/h4-12H,2-3H2,1H3. The zero-order valence-corrected chi connectivity index (χ0v) is 13.0. The molecule has 2 aromatic rings. The molecule has 0 amide bonds. The number of benzene rings is 2. The van der Waals surface area contributed by atoms with Gasteiger partial charge in [0.15, 0.2) is 0 Å². The van der Waals surface area contributed by atoms with Crippen LogP contribution in [0, 0.1) is 5.82 Å². The van der Waals surface area contributed by atoms with Crippen molar-refractivity contribution in [1.29, 1.82) is 0 Å². The Labute approximate surface area is 137 Å². The van der Waals surface area contributed by atoms with Crippen LogP contribution < -0.4 is 0 Å². The molecule has 0 unspecified atom stereocenters. The fourth-order valence-electron chi connectivity index (χ4n) is 2.10. The van der Waals surface area contributed by atoms with E-state index in [1.165, 1.54) is 18.0 Å². The lowest BCUT2D eigenvalue weighted by Gasteiger charge is -2.07. The molecule has 0 aromatic heterocycles. The average Bonchev–Trinajstić information content (AvgIpc) is 2.52. The number of nitrogens with zero attached hydrogens (tertiary/aromatic N) is 2. The topological polar surface area (TPSA) is 24.7 Å². The number of aryl methyl sites for hydroxylation is 1. The third kappa shape index (κ3) is 5.01. The Balaban J connectivity index is 2.02. The van der Waals surface area contributed by atoms with Crippen LogP contribution in [0.15, 0.2) is 52.7 Å². The van der Waals surface area contributed by atoms with Gasteiger partial charge in [0.2, 0.25) is 0 Å². The number of halogens is 4. The molecule has 0 atom stereocenters. The van der Waals surface area contributed by atoms with Gasteiger partial charge in [-0.3, -0.25) is 0 Å². The maximum absolute atomic E-state index is 13.4. The van der Waals surface area contributed by atoms with E-state index in [1.54, 1.807) is 0 Å². The highest BCUT2D eigenvalue weighted by Crippen LogP contribution is 2.31. The van der Waals surface area contributed by atoms with Gasteiger partial charge in [-0.15, -0.1) is 0 Å². The van der Waals surface area contributed by atoms with Crippen LogP contribution in [0.5, 0.6) is 0 Å². The van der Waals surface area contributed by atoms with Gasteiger partial charge in [0, 0.05) is 0 Å². The van der Waals surface area contributed by atoms with Crippen molar-refractivity contribution in [2.45, 2.75) is 25.9 Å². The molecule has 0 aliphatic rings. The van der Waals surface area contributed by atoms with Crippen molar-refractivity contribution in [3.63, 3.8) is 0 Å². The van der Waals surface area contributed by atoms with Gasteiger partial charge in [0.1, 0.15) is 5.82 Å². The van der Waals surface area contributed by atoms with Gasteiger partial charge >= 0.3 is 6.18 Å². The van der Waals surface area contributed by atoms with Crippen LogP contribution in [-0.2, 0) is 12.6 Å². The summed E-state index contributed by atoms with van der Waals surface area (Å²) < 4.78 is 50.8. The van der Waals surface area contributed by atoms with Crippen LogP contribution in [0.4, 0.5) is 17.6 Å². The first-order valence-electron chi connectivity index (χ1n) is 7.42. The molecule has 0 aliphatic heterocycles. The molecule has 0 spiro atoms. The van der Waals surface area contributed by atoms with E-state index in [1.807, 2.05) is 24.3 Å². The lowest BCUT2D eigenvalue weighted by atomic mass is 10.1. The van der Waals surface area contributed by atoms with E-state index in [-0.39, 0.29) is 5.56 Å². The molecular formula is C18H16F4N2. The van der Waals surface area contributed by atoms with Crippen LogP contribution in [-0.4, -0.2) is 12.4 Å². The fraction of sp³-hybridized carbons (Fsp3) is 0.222. The summed E-state index contributed by atoms with van der Waals surface area (Å²) in [6.07, 6.45) is 0.0934. The first-order chi connectivity index (χ1) is 11.4. The summed E-state index contributed by atoms with van der Waals surface area (Å²) in [5.74, 6) is -1.33. The number of alkyl halides is 3. The Morgan fingerprint density at radius 3 is 2.04 bits per heavy atom. The largest absolute Gasteiger partial charge is 0.419 e. The van der Waals surface area contributed by atoms with Gasteiger partial charge in [-0.2, -0.15) is 23.4 Å². The van der Waals surface area contributed by atoms with E-state index < -0.39 is 17.6 Å². The van der Waals surface area contributed by atoms with E-state index in [0.29, 0.717) is 6.07 Å². The Hall–Kier alpha value is -2.50. The second-order valence-electron chi connectivity index (χ2n) is 5.22. The molecular weight excluding hydrogens is 320 g/mol. The van der Waals surface area contributed by atoms with Crippen LogP contribution in [0.25, 0.3) is 0 Å². The summed E-state index contributed by atoms with van der Waals surface area (Å²) in [5.41, 5.74) is 0.996. The van der Waals surface area contributed by atoms with Gasteiger partial charge in [-0.25, -0.2) is 4.39 Å². The van der Waals surface area contributed by atoms with Crippen LogP contribution in [0.3, 0.4) is 0 Å². The van der Waals surface area contributed by atoms with E-state index in [0.717, 1.165) is 30.5 Å². The van der Waals surface area contributed by atoms with Gasteiger partial charge in [0.25, 0.3) is 0 Å². The van der Waals surface area contributed by atoms with Crippen LogP contribution in [0.1, 0.15) is 35.6 Å². The van der Waals surface area contributed by atoms with Gasteiger partial charge < -0.3 is 0 Å². The number of rotatable bonds is 5. The molecule has 24 heavy (non-hydrogen) atoms. The summed E-state index contributed by atoms with van der Waals surface area (Å²) in [6, 6.07) is 10.4. The van der Waals surface area contributed by atoms with Gasteiger partial charge in [-0.1, -0.05) is 43.7 Å². The second-order valence-corrected chi connectivity index (χ2v) is 5.22. The molecule has 2 nitrogen and oxygen atoms in total. The summed E-state index contributed by atoms with van der Waals surface area (Å²) in [5, 5.41) is 7.54. The van der Waals surface area contributed by atoms with Gasteiger partial charge in [-0.05, 0) is 35.2 Å². The highest BCUT2D eigenvalue weighted by Gasteiger charge is 2.33. The zero-order valence-electron chi connectivity index (χ0n) is 13.0. The molecule has 0 bridgehead atoms. The number of hydrogen-bond acceptors (Lipinski definition) is 2. The summed E-state index contributed by atoms with van der Waals surface area (Å²) in [7, 11) is 0. The molecule has 0 N–H and O–H groups in total. The van der Waals surface area contributed by atoms with Crippen molar-refractivity contribution in [2.24, 2.45) is 10.2 Å². The van der Waals surface area contributed by atoms with E-state index in [4.69, 9.17) is 0 Å². The smallest absolute Gasteiger partial charge is 0.206 e. The maximum Gasteiger partial charge on any atom is 0.419 e. The predicted octanol–water partition coefficient (Wildman–Crippen LogP) is 5.25. The molecule has 0 aliphatic carbocycles. The summed E-state index contributed by atoms with van der Waals surface area (Å²) in [4.78, 5) is 0. The molecule has 0 heterocycles. The number of hydrogen-bond donors (Lipinski definition) is 0. The van der Waals surface area contributed by atoms with Crippen molar-refractivity contribution in [1.82, 2.24) is 0 Å². The zero-order chi connectivity index (χ0) is 17.6. The SMILES string of the molecule is CCCc1ccc(C=NN=Cc2ccc(C(F)(F)F)c(F)c2)cc1. The first kappa shape index (κ1) is 17.8. The quantitative estimate of drug-likeness (QED) is 0.405. The van der Waals surface area contributed by atoms with Crippen molar-refractivity contribution < 1.29 is 17.6 Å². The molecule has 0 saturated carbocycles. The minimum absolute atomic E-state index is 0.205. The van der Waals surface area contributed by atoms with Crippen LogP contribution in [0.2, 0.25) is 0 Å². The Kier molecular flexibility index (Phi) is 5.84. The van der Waals surface area contributed by atoms with Crippen molar-refractivity contribution in [3.05, 3.63) is 70.5 Å². The Bertz CT molecular complexity index is 732. The van der Waals surface area contributed by atoms with E-state index in [9.17, 15) is 17.6 Å². The monoisotopic (exact) mass is 336 g/mol. The third-order valence-electron chi connectivity index (χ3n) is 3.30. The minimum Gasteiger partial charge on any atom is -0.206 e. The minimum atomic E-state index is -4.71. The molecule has 126 valence electrons. The van der Waals surface area contributed by atoms with Crippen molar-refractivity contribution in [3.8, 4) is 0 Å². The normalized spacial score (nSPS) is 12.4. The highest BCUT2D eigenvalue weighted by atomic mass is 19.4. The third-order valence-corrected chi connectivity index (χ3v) is 3.30. The molecule has 2 aromatic carbocycles. The lowest BCUT2D eigenvalue weighted by molar-refractivity contribution is -0.140. The molecule has 6 heteroatoms. The van der Waals surface area contributed by atoms with Crippen LogP contribution >= 0.6 is 0 Å². The molecule has 0 saturated heterocycles. The van der Waals surface area contributed by atoms with Crippen molar-refractivity contribution in [2.75, 3.05) is 0 Å². The van der Waals surface area contributed by atoms with Gasteiger partial charge in [0.05, 0.1) is 18.0 Å². The van der Waals surface area contributed by atoms with E-state index in [2.05, 4.69) is 17.1 Å². The first-order valence-corrected chi connectivity index (χ1v) is 7.42. The molecule has 0 radical (unpaired) electrons.